The number of nitrogens with one attached hydrogen (secondary N) is 1. The van der Waals surface area contributed by atoms with Gasteiger partial charge in [-0.05, 0) is 5.92 Å². The van der Waals surface area contributed by atoms with Crippen LogP contribution >= 0.6 is 0 Å². The second kappa shape index (κ2) is 5.95. The van der Waals surface area contributed by atoms with Crippen molar-refractivity contribution >= 4 is 20.0 Å². The Morgan fingerprint density at radius 3 is 1.94 bits per heavy atom. The topological polar surface area (TPSA) is 83.6 Å². The molecule has 0 aromatic rings. The van der Waals surface area contributed by atoms with Gasteiger partial charge in [-0.3, -0.25) is 0 Å². The van der Waals surface area contributed by atoms with Gasteiger partial charge in [0.1, 0.15) is 0 Å². The lowest BCUT2D eigenvalue weighted by atomic mass is 10.2. The van der Waals surface area contributed by atoms with E-state index in [-0.39, 0.29) is 19.0 Å². The zero-order valence-corrected chi connectivity index (χ0v) is 11.7. The van der Waals surface area contributed by atoms with Crippen molar-refractivity contribution < 1.29 is 16.8 Å². The molecular formula is C8H20N2O4S2. The predicted octanol–water partition coefficient (Wildman–Crippen LogP) is -0.547. The van der Waals surface area contributed by atoms with Crippen LogP contribution in [-0.2, 0) is 20.0 Å². The summed E-state index contributed by atoms with van der Waals surface area (Å²) in [6.45, 7) is 4.46. The summed E-state index contributed by atoms with van der Waals surface area (Å²) >= 11 is 0. The molecule has 0 aliphatic heterocycles. The zero-order valence-electron chi connectivity index (χ0n) is 10.1. The van der Waals surface area contributed by atoms with Crippen molar-refractivity contribution in [3.05, 3.63) is 0 Å². The Morgan fingerprint density at radius 2 is 1.62 bits per heavy atom. The zero-order chi connectivity index (χ0) is 13.0. The lowest BCUT2D eigenvalue weighted by molar-refractivity contribution is 0.372. The van der Waals surface area contributed by atoms with Crippen LogP contribution in [0.4, 0.5) is 0 Å². The minimum absolute atomic E-state index is 0.0959. The molecule has 6 nitrogen and oxygen atoms in total. The van der Waals surface area contributed by atoms with Crippen molar-refractivity contribution in [3.8, 4) is 0 Å². The summed E-state index contributed by atoms with van der Waals surface area (Å²) in [5, 5.41) is 0. The predicted molar refractivity (Wildman–Crippen MR) is 64.1 cm³/mol. The van der Waals surface area contributed by atoms with Gasteiger partial charge in [-0.25, -0.2) is 25.9 Å². The minimum atomic E-state index is -3.28. The van der Waals surface area contributed by atoms with Gasteiger partial charge in [0.2, 0.25) is 20.0 Å². The third-order valence-corrected chi connectivity index (χ3v) is 3.76. The van der Waals surface area contributed by atoms with E-state index >= 15 is 0 Å². The molecule has 0 fully saturated rings. The molecule has 0 aromatic carbocycles. The fourth-order valence-electron chi connectivity index (χ4n) is 1.16. The third-order valence-electron chi connectivity index (χ3n) is 1.76. The molecule has 0 aliphatic rings. The second-order valence-electron chi connectivity index (χ2n) is 4.18. The number of sulfonamides is 2. The highest BCUT2D eigenvalue weighted by Crippen LogP contribution is 2.03. The molecule has 0 spiro atoms. The maximum Gasteiger partial charge on any atom is 0.211 e. The summed E-state index contributed by atoms with van der Waals surface area (Å²) in [7, 11) is -6.54. The molecule has 0 bridgehead atoms. The van der Waals surface area contributed by atoms with Crippen LogP contribution in [0, 0.1) is 5.92 Å². The Bertz CT molecular complexity index is 400. The Kier molecular flexibility index (Phi) is 5.88. The van der Waals surface area contributed by atoms with E-state index in [4.69, 9.17) is 0 Å². The van der Waals surface area contributed by atoms with Crippen molar-refractivity contribution in [2.24, 2.45) is 5.92 Å². The molecule has 1 N–H and O–H groups in total. The van der Waals surface area contributed by atoms with Crippen molar-refractivity contribution in [1.82, 2.24) is 9.03 Å². The van der Waals surface area contributed by atoms with Crippen molar-refractivity contribution in [2.45, 2.75) is 13.8 Å². The van der Waals surface area contributed by atoms with Gasteiger partial charge < -0.3 is 0 Å². The largest absolute Gasteiger partial charge is 0.214 e. The molecule has 0 radical (unpaired) electrons. The number of hydrogen-bond acceptors (Lipinski definition) is 4. The Labute approximate surface area is 98.1 Å². The minimum Gasteiger partial charge on any atom is -0.214 e. The molecule has 0 atom stereocenters. The molecule has 0 aliphatic carbocycles. The van der Waals surface area contributed by atoms with Crippen molar-refractivity contribution in [3.63, 3.8) is 0 Å². The van der Waals surface area contributed by atoms with Crippen LogP contribution in [0.25, 0.3) is 0 Å². The first-order valence-corrected chi connectivity index (χ1v) is 8.66. The van der Waals surface area contributed by atoms with Gasteiger partial charge >= 0.3 is 0 Å². The van der Waals surface area contributed by atoms with Gasteiger partial charge in [-0.15, -0.1) is 0 Å². The first-order valence-electron chi connectivity index (χ1n) is 4.92. The van der Waals surface area contributed by atoms with Crippen LogP contribution < -0.4 is 4.72 Å². The van der Waals surface area contributed by atoms with Gasteiger partial charge in [-0.1, -0.05) is 13.8 Å². The van der Waals surface area contributed by atoms with E-state index in [0.29, 0.717) is 6.54 Å². The van der Waals surface area contributed by atoms with E-state index in [9.17, 15) is 16.8 Å². The van der Waals surface area contributed by atoms with E-state index in [1.54, 1.807) is 0 Å². The highest BCUT2D eigenvalue weighted by Gasteiger charge is 2.17. The van der Waals surface area contributed by atoms with E-state index in [2.05, 4.69) is 4.72 Å². The lowest BCUT2D eigenvalue weighted by Crippen LogP contribution is -2.39. The normalized spacial score (nSPS) is 13.6. The third kappa shape index (κ3) is 8.03. The molecule has 0 aromatic heterocycles. The first kappa shape index (κ1) is 15.8. The quantitative estimate of drug-likeness (QED) is 0.674. The van der Waals surface area contributed by atoms with Gasteiger partial charge in [0.15, 0.2) is 0 Å². The summed E-state index contributed by atoms with van der Waals surface area (Å²) < 4.78 is 47.9. The van der Waals surface area contributed by atoms with E-state index in [1.165, 1.54) is 4.31 Å². The fourth-order valence-corrected chi connectivity index (χ4v) is 2.61. The van der Waals surface area contributed by atoms with Crippen LogP contribution in [0.15, 0.2) is 0 Å². The number of nitrogens with zero attached hydrogens (tertiary/aromatic N) is 1. The Hall–Kier alpha value is -0.180. The molecule has 0 unspecified atom stereocenters. The molecular weight excluding hydrogens is 252 g/mol. The first-order chi connectivity index (χ1) is 7.02. The van der Waals surface area contributed by atoms with Gasteiger partial charge in [-0.2, -0.15) is 0 Å². The molecule has 98 valence electrons. The number of hydrogen-bond donors (Lipinski definition) is 1. The van der Waals surface area contributed by atoms with Crippen LogP contribution in [0.2, 0.25) is 0 Å². The average Bonchev–Trinajstić information content (AvgIpc) is 1.97. The van der Waals surface area contributed by atoms with Gasteiger partial charge in [0.25, 0.3) is 0 Å². The monoisotopic (exact) mass is 272 g/mol. The Balaban J connectivity index is 4.36. The summed E-state index contributed by atoms with van der Waals surface area (Å²) in [4.78, 5) is 0. The van der Waals surface area contributed by atoms with Crippen molar-refractivity contribution in [1.29, 1.82) is 0 Å². The smallest absolute Gasteiger partial charge is 0.211 e. The maximum absolute atomic E-state index is 11.4. The van der Waals surface area contributed by atoms with Crippen LogP contribution in [0.1, 0.15) is 13.8 Å². The maximum atomic E-state index is 11.4. The lowest BCUT2D eigenvalue weighted by Gasteiger charge is -2.21. The average molecular weight is 272 g/mol. The van der Waals surface area contributed by atoms with E-state index in [0.717, 1.165) is 12.5 Å². The fraction of sp³-hybridized carbons (Fsp3) is 1.00. The molecule has 8 heteroatoms. The molecule has 0 rings (SSSR count). The standard InChI is InChI=1S/C8H20N2O4S2/c1-8(2)7-10(16(4,13)14)6-5-9-15(3,11)12/h8-9H,5-7H2,1-4H3. The highest BCUT2D eigenvalue weighted by molar-refractivity contribution is 7.88. The molecule has 0 saturated carbocycles. The van der Waals surface area contributed by atoms with Crippen LogP contribution in [0.5, 0.6) is 0 Å². The van der Waals surface area contributed by atoms with Gasteiger partial charge in [0.05, 0.1) is 12.5 Å². The SMILES string of the molecule is CC(C)CN(CCNS(C)(=O)=O)S(C)(=O)=O. The van der Waals surface area contributed by atoms with Crippen molar-refractivity contribution in [2.75, 3.05) is 32.1 Å². The molecule has 0 saturated heterocycles. The Morgan fingerprint density at radius 1 is 1.12 bits per heavy atom. The van der Waals surface area contributed by atoms with Gasteiger partial charge in [0, 0.05) is 19.6 Å². The van der Waals surface area contributed by atoms with Crippen LogP contribution in [-0.4, -0.2) is 53.3 Å². The summed E-state index contributed by atoms with van der Waals surface area (Å²) in [5.74, 6) is 0.202. The molecule has 0 amide bonds. The highest BCUT2D eigenvalue weighted by atomic mass is 32.2. The number of rotatable bonds is 7. The molecule has 0 heterocycles. The second-order valence-corrected chi connectivity index (χ2v) is 8.00. The van der Waals surface area contributed by atoms with E-state index < -0.39 is 20.0 Å². The van der Waals surface area contributed by atoms with E-state index in [1.807, 2.05) is 13.8 Å². The summed E-state index contributed by atoms with van der Waals surface area (Å²) in [6.07, 6.45) is 2.16. The summed E-state index contributed by atoms with van der Waals surface area (Å²) in [5.41, 5.74) is 0. The van der Waals surface area contributed by atoms with Crippen LogP contribution in [0.3, 0.4) is 0 Å². The summed E-state index contributed by atoms with van der Waals surface area (Å²) in [6, 6.07) is 0. The molecule has 16 heavy (non-hydrogen) atoms.